The van der Waals surface area contributed by atoms with Gasteiger partial charge >= 0.3 is 0 Å². The Labute approximate surface area is 132 Å². The molecule has 23 heavy (non-hydrogen) atoms. The summed E-state index contributed by atoms with van der Waals surface area (Å²) in [7, 11) is 1.55. The molecule has 0 spiro atoms. The minimum absolute atomic E-state index is 0.126. The maximum atomic E-state index is 12.0. The molecular weight excluding hydrogens is 296 g/mol. The number of ketones is 1. The van der Waals surface area contributed by atoms with Crippen LogP contribution >= 0.6 is 0 Å². The molecule has 0 fully saturated rings. The minimum atomic E-state index is -0.544. The Bertz CT molecular complexity index is 779. The van der Waals surface area contributed by atoms with Crippen LogP contribution in [0.3, 0.4) is 0 Å². The van der Waals surface area contributed by atoms with E-state index in [2.05, 4.69) is 5.32 Å². The fourth-order valence-electron chi connectivity index (χ4n) is 1.93. The Kier molecular flexibility index (Phi) is 4.99. The van der Waals surface area contributed by atoms with Gasteiger partial charge in [-0.1, -0.05) is 30.3 Å². The first kappa shape index (κ1) is 16.1. The number of nitro groups is 1. The molecule has 2 aromatic rings. The maximum absolute atomic E-state index is 12.0. The van der Waals surface area contributed by atoms with Gasteiger partial charge in [0.25, 0.3) is 11.6 Å². The number of non-ortho nitro benzene ring substituents is 1. The standard InChI is InChI=1S/C17H14N2O4/c1-18-17(21)13-8-5-12(6-9-13)7-10-16(20)14-3-2-4-15(11-14)19(22)23/h2-11H,1H3,(H,18,21)/b10-7+. The first-order valence-electron chi connectivity index (χ1n) is 6.80. The molecule has 0 saturated heterocycles. The topological polar surface area (TPSA) is 89.3 Å². The minimum Gasteiger partial charge on any atom is -0.355 e. The number of allylic oxidation sites excluding steroid dienone is 1. The van der Waals surface area contributed by atoms with Crippen molar-refractivity contribution in [3.05, 3.63) is 81.4 Å². The highest BCUT2D eigenvalue weighted by Gasteiger charge is 2.09. The fourth-order valence-corrected chi connectivity index (χ4v) is 1.93. The number of amides is 1. The van der Waals surface area contributed by atoms with E-state index in [-0.39, 0.29) is 22.9 Å². The highest BCUT2D eigenvalue weighted by molar-refractivity contribution is 6.07. The normalized spacial score (nSPS) is 10.5. The van der Waals surface area contributed by atoms with Crippen LogP contribution in [0.15, 0.2) is 54.6 Å². The lowest BCUT2D eigenvalue weighted by Crippen LogP contribution is -2.17. The summed E-state index contributed by atoms with van der Waals surface area (Å²) in [6, 6.07) is 12.3. The average molecular weight is 310 g/mol. The van der Waals surface area contributed by atoms with Crippen molar-refractivity contribution in [3.8, 4) is 0 Å². The Morgan fingerprint density at radius 2 is 1.78 bits per heavy atom. The summed E-state index contributed by atoms with van der Waals surface area (Å²) in [6.45, 7) is 0. The van der Waals surface area contributed by atoms with Crippen molar-refractivity contribution >= 4 is 23.5 Å². The molecule has 116 valence electrons. The van der Waals surface area contributed by atoms with Crippen molar-refractivity contribution < 1.29 is 14.5 Å². The van der Waals surface area contributed by atoms with Crippen LogP contribution in [0.4, 0.5) is 5.69 Å². The number of carbonyl (C=O) groups is 2. The molecule has 0 bridgehead atoms. The molecule has 0 aliphatic carbocycles. The van der Waals surface area contributed by atoms with E-state index in [0.717, 1.165) is 5.56 Å². The largest absolute Gasteiger partial charge is 0.355 e. The summed E-state index contributed by atoms with van der Waals surface area (Å²) < 4.78 is 0. The van der Waals surface area contributed by atoms with Crippen LogP contribution in [0.1, 0.15) is 26.3 Å². The Hall–Kier alpha value is -3.28. The van der Waals surface area contributed by atoms with Crippen molar-refractivity contribution in [2.24, 2.45) is 0 Å². The summed E-state index contributed by atoms with van der Waals surface area (Å²) in [4.78, 5) is 33.6. The predicted molar refractivity (Wildman–Crippen MR) is 86.3 cm³/mol. The highest BCUT2D eigenvalue weighted by Crippen LogP contribution is 2.14. The lowest BCUT2D eigenvalue weighted by molar-refractivity contribution is -0.384. The Morgan fingerprint density at radius 3 is 2.39 bits per heavy atom. The summed E-state index contributed by atoms with van der Waals surface area (Å²) in [5, 5.41) is 13.2. The molecular formula is C17H14N2O4. The van der Waals surface area contributed by atoms with E-state index in [1.54, 1.807) is 37.4 Å². The van der Waals surface area contributed by atoms with Gasteiger partial charge in [0.2, 0.25) is 0 Å². The molecule has 0 atom stereocenters. The molecule has 2 rings (SSSR count). The third-order valence-electron chi connectivity index (χ3n) is 3.17. The van der Waals surface area contributed by atoms with E-state index in [9.17, 15) is 19.7 Å². The second-order valence-corrected chi connectivity index (χ2v) is 4.71. The number of hydrogen-bond donors (Lipinski definition) is 1. The van der Waals surface area contributed by atoms with Gasteiger partial charge in [0, 0.05) is 30.3 Å². The number of nitrogens with zero attached hydrogens (tertiary/aromatic N) is 1. The van der Waals surface area contributed by atoms with Gasteiger partial charge in [-0.25, -0.2) is 0 Å². The first-order chi connectivity index (χ1) is 11.0. The quantitative estimate of drug-likeness (QED) is 0.398. The van der Waals surface area contributed by atoms with Crippen molar-refractivity contribution in [2.75, 3.05) is 7.05 Å². The number of nitrogens with one attached hydrogen (secondary N) is 1. The lowest BCUT2D eigenvalue weighted by atomic mass is 10.1. The molecule has 0 heterocycles. The zero-order valence-electron chi connectivity index (χ0n) is 12.4. The van der Waals surface area contributed by atoms with E-state index in [0.29, 0.717) is 5.56 Å². The molecule has 0 aliphatic rings. The van der Waals surface area contributed by atoms with E-state index in [1.165, 1.54) is 30.3 Å². The summed E-state index contributed by atoms with van der Waals surface area (Å²) >= 11 is 0. The van der Waals surface area contributed by atoms with Gasteiger partial charge < -0.3 is 5.32 Å². The number of nitro benzene ring substituents is 1. The molecule has 1 N–H and O–H groups in total. The number of benzene rings is 2. The molecule has 0 radical (unpaired) electrons. The molecule has 0 unspecified atom stereocenters. The van der Waals surface area contributed by atoms with Crippen LogP contribution in [0.2, 0.25) is 0 Å². The zero-order valence-corrected chi connectivity index (χ0v) is 12.4. The zero-order chi connectivity index (χ0) is 16.8. The summed E-state index contributed by atoms with van der Waals surface area (Å²) in [5.41, 5.74) is 1.39. The SMILES string of the molecule is CNC(=O)c1ccc(/C=C/C(=O)c2cccc([N+](=O)[O-])c2)cc1. The first-order valence-corrected chi connectivity index (χ1v) is 6.80. The van der Waals surface area contributed by atoms with Crippen LogP contribution in [0.25, 0.3) is 6.08 Å². The number of carbonyl (C=O) groups excluding carboxylic acids is 2. The van der Waals surface area contributed by atoms with E-state index < -0.39 is 4.92 Å². The van der Waals surface area contributed by atoms with Crippen LogP contribution in [-0.4, -0.2) is 23.7 Å². The maximum Gasteiger partial charge on any atom is 0.270 e. The second-order valence-electron chi connectivity index (χ2n) is 4.71. The summed E-state index contributed by atoms with van der Waals surface area (Å²) in [6.07, 6.45) is 2.93. The van der Waals surface area contributed by atoms with E-state index in [4.69, 9.17) is 0 Å². The molecule has 0 saturated carbocycles. The summed E-state index contributed by atoms with van der Waals surface area (Å²) in [5.74, 6) is -0.516. The van der Waals surface area contributed by atoms with Crippen LogP contribution in [-0.2, 0) is 0 Å². The molecule has 0 aromatic heterocycles. The van der Waals surface area contributed by atoms with Gasteiger partial charge in [0.1, 0.15) is 0 Å². The number of rotatable bonds is 5. The van der Waals surface area contributed by atoms with Crippen molar-refractivity contribution in [1.29, 1.82) is 0 Å². The third-order valence-corrected chi connectivity index (χ3v) is 3.17. The molecule has 2 aromatic carbocycles. The predicted octanol–water partition coefficient (Wildman–Crippen LogP) is 2.85. The smallest absolute Gasteiger partial charge is 0.270 e. The van der Waals surface area contributed by atoms with Crippen LogP contribution in [0, 0.1) is 10.1 Å². The van der Waals surface area contributed by atoms with Crippen molar-refractivity contribution in [2.45, 2.75) is 0 Å². The molecule has 6 heteroatoms. The van der Waals surface area contributed by atoms with Crippen molar-refractivity contribution in [1.82, 2.24) is 5.32 Å². The second kappa shape index (κ2) is 7.13. The van der Waals surface area contributed by atoms with Crippen LogP contribution < -0.4 is 5.32 Å². The molecule has 0 aliphatic heterocycles. The monoisotopic (exact) mass is 310 g/mol. The number of hydrogen-bond acceptors (Lipinski definition) is 4. The van der Waals surface area contributed by atoms with Crippen LogP contribution in [0.5, 0.6) is 0 Å². The van der Waals surface area contributed by atoms with E-state index in [1.807, 2.05) is 0 Å². The van der Waals surface area contributed by atoms with Gasteiger partial charge in [0.15, 0.2) is 5.78 Å². The van der Waals surface area contributed by atoms with Gasteiger partial charge in [-0.3, -0.25) is 19.7 Å². The third kappa shape index (κ3) is 4.10. The van der Waals surface area contributed by atoms with Gasteiger partial charge in [-0.2, -0.15) is 0 Å². The highest BCUT2D eigenvalue weighted by atomic mass is 16.6. The fraction of sp³-hybridized carbons (Fsp3) is 0.0588. The van der Waals surface area contributed by atoms with Gasteiger partial charge in [-0.05, 0) is 23.8 Å². The Morgan fingerprint density at radius 1 is 1.09 bits per heavy atom. The van der Waals surface area contributed by atoms with Crippen molar-refractivity contribution in [3.63, 3.8) is 0 Å². The van der Waals surface area contributed by atoms with Gasteiger partial charge in [-0.15, -0.1) is 0 Å². The van der Waals surface area contributed by atoms with Gasteiger partial charge in [0.05, 0.1) is 4.92 Å². The molecule has 1 amide bonds. The van der Waals surface area contributed by atoms with E-state index >= 15 is 0 Å². The average Bonchev–Trinajstić information content (AvgIpc) is 2.59. The lowest BCUT2D eigenvalue weighted by Gasteiger charge is -2.00. The molecule has 6 nitrogen and oxygen atoms in total. The Balaban J connectivity index is 2.13.